The summed E-state index contributed by atoms with van der Waals surface area (Å²) in [6, 6.07) is 5.47. The van der Waals surface area contributed by atoms with Crippen LogP contribution in [0.3, 0.4) is 0 Å². The number of carbonyl (C=O) groups is 1. The SMILES string of the molecule is Cc1cc(C(=O)C2CCCOC2)ccc1N. The van der Waals surface area contributed by atoms with Crippen LogP contribution in [-0.2, 0) is 4.74 Å². The molecule has 1 aliphatic heterocycles. The monoisotopic (exact) mass is 219 g/mol. The molecule has 1 aromatic carbocycles. The van der Waals surface area contributed by atoms with E-state index in [4.69, 9.17) is 10.5 Å². The van der Waals surface area contributed by atoms with E-state index >= 15 is 0 Å². The Bertz CT molecular complexity index is 395. The number of ketones is 1. The molecule has 2 N–H and O–H groups in total. The molecular weight excluding hydrogens is 202 g/mol. The first-order valence-corrected chi connectivity index (χ1v) is 5.66. The molecule has 3 nitrogen and oxygen atoms in total. The third-order valence-electron chi connectivity index (χ3n) is 3.09. The number of nitrogen functional groups attached to an aromatic ring is 1. The molecule has 1 aliphatic rings. The second-order valence-corrected chi connectivity index (χ2v) is 4.35. The summed E-state index contributed by atoms with van der Waals surface area (Å²) in [6.07, 6.45) is 1.91. The van der Waals surface area contributed by atoms with E-state index in [-0.39, 0.29) is 11.7 Å². The van der Waals surface area contributed by atoms with Gasteiger partial charge in [0.1, 0.15) is 0 Å². The van der Waals surface area contributed by atoms with Gasteiger partial charge in [-0.3, -0.25) is 4.79 Å². The van der Waals surface area contributed by atoms with Crippen LogP contribution in [0.5, 0.6) is 0 Å². The second-order valence-electron chi connectivity index (χ2n) is 4.35. The van der Waals surface area contributed by atoms with Crippen LogP contribution in [0, 0.1) is 12.8 Å². The Kier molecular flexibility index (Phi) is 3.25. The van der Waals surface area contributed by atoms with Gasteiger partial charge in [0, 0.05) is 23.8 Å². The number of anilines is 1. The maximum atomic E-state index is 12.1. The van der Waals surface area contributed by atoms with E-state index in [0.717, 1.165) is 36.3 Å². The minimum atomic E-state index is 0.0248. The average molecular weight is 219 g/mol. The predicted molar refractivity (Wildman–Crippen MR) is 63.5 cm³/mol. The lowest BCUT2D eigenvalue weighted by atomic mass is 9.92. The van der Waals surface area contributed by atoms with E-state index in [1.807, 2.05) is 13.0 Å². The summed E-state index contributed by atoms with van der Waals surface area (Å²) in [5.41, 5.74) is 8.18. The van der Waals surface area contributed by atoms with E-state index < -0.39 is 0 Å². The van der Waals surface area contributed by atoms with Crippen LogP contribution < -0.4 is 5.73 Å². The van der Waals surface area contributed by atoms with Gasteiger partial charge in [0.15, 0.2) is 5.78 Å². The molecule has 86 valence electrons. The third-order valence-corrected chi connectivity index (χ3v) is 3.09. The highest BCUT2D eigenvalue weighted by molar-refractivity contribution is 5.98. The summed E-state index contributed by atoms with van der Waals surface area (Å²) < 4.78 is 5.33. The fourth-order valence-electron chi connectivity index (χ4n) is 2.01. The molecular formula is C13H17NO2. The maximum Gasteiger partial charge on any atom is 0.168 e. The van der Waals surface area contributed by atoms with E-state index in [1.54, 1.807) is 12.1 Å². The number of hydrogen-bond donors (Lipinski definition) is 1. The highest BCUT2D eigenvalue weighted by atomic mass is 16.5. The molecule has 1 unspecified atom stereocenters. The Morgan fingerprint density at radius 1 is 1.50 bits per heavy atom. The number of benzene rings is 1. The lowest BCUT2D eigenvalue weighted by molar-refractivity contribution is 0.0461. The highest BCUT2D eigenvalue weighted by Gasteiger charge is 2.23. The average Bonchev–Trinajstić information content (AvgIpc) is 2.33. The lowest BCUT2D eigenvalue weighted by Crippen LogP contribution is -2.25. The summed E-state index contributed by atoms with van der Waals surface area (Å²) in [5, 5.41) is 0. The molecule has 0 bridgehead atoms. The molecule has 16 heavy (non-hydrogen) atoms. The van der Waals surface area contributed by atoms with Gasteiger partial charge in [0.2, 0.25) is 0 Å². The number of Topliss-reactive ketones (excluding diaryl/α,β-unsaturated/α-hetero) is 1. The number of rotatable bonds is 2. The van der Waals surface area contributed by atoms with E-state index in [2.05, 4.69) is 0 Å². The summed E-state index contributed by atoms with van der Waals surface area (Å²) in [6.45, 7) is 3.26. The number of ether oxygens (including phenoxy) is 1. The van der Waals surface area contributed by atoms with Crippen LogP contribution in [0.25, 0.3) is 0 Å². The molecule has 0 radical (unpaired) electrons. The highest BCUT2D eigenvalue weighted by Crippen LogP contribution is 2.21. The molecule has 2 rings (SSSR count). The van der Waals surface area contributed by atoms with Gasteiger partial charge in [0.05, 0.1) is 6.61 Å². The Hall–Kier alpha value is -1.35. The normalized spacial score (nSPS) is 20.7. The summed E-state index contributed by atoms with van der Waals surface area (Å²) >= 11 is 0. The van der Waals surface area contributed by atoms with Gasteiger partial charge in [-0.05, 0) is 43.5 Å². The number of hydrogen-bond acceptors (Lipinski definition) is 3. The predicted octanol–water partition coefficient (Wildman–Crippen LogP) is 2.19. The third kappa shape index (κ3) is 2.25. The molecule has 1 fully saturated rings. The molecule has 1 aromatic rings. The van der Waals surface area contributed by atoms with Gasteiger partial charge in [-0.2, -0.15) is 0 Å². The summed E-state index contributed by atoms with van der Waals surface area (Å²) in [4.78, 5) is 12.1. The van der Waals surface area contributed by atoms with Crippen molar-refractivity contribution in [2.75, 3.05) is 18.9 Å². The number of aryl methyl sites for hydroxylation is 1. The van der Waals surface area contributed by atoms with Crippen molar-refractivity contribution in [2.24, 2.45) is 5.92 Å². The lowest BCUT2D eigenvalue weighted by Gasteiger charge is -2.21. The Labute approximate surface area is 95.6 Å². The van der Waals surface area contributed by atoms with Crippen molar-refractivity contribution >= 4 is 11.5 Å². The summed E-state index contributed by atoms with van der Waals surface area (Å²) in [5.74, 6) is 0.208. The van der Waals surface area contributed by atoms with Gasteiger partial charge in [-0.15, -0.1) is 0 Å². The van der Waals surface area contributed by atoms with Crippen molar-refractivity contribution in [3.8, 4) is 0 Å². The topological polar surface area (TPSA) is 52.3 Å². The number of nitrogens with two attached hydrogens (primary N) is 1. The van der Waals surface area contributed by atoms with Crippen molar-refractivity contribution in [2.45, 2.75) is 19.8 Å². The van der Waals surface area contributed by atoms with Crippen LogP contribution >= 0.6 is 0 Å². The van der Waals surface area contributed by atoms with Gasteiger partial charge >= 0.3 is 0 Å². The van der Waals surface area contributed by atoms with Crippen molar-refractivity contribution in [3.63, 3.8) is 0 Å². The summed E-state index contributed by atoms with van der Waals surface area (Å²) in [7, 11) is 0. The Morgan fingerprint density at radius 3 is 2.94 bits per heavy atom. The standard InChI is InChI=1S/C13H17NO2/c1-9-7-10(4-5-12(9)14)13(15)11-3-2-6-16-8-11/h4-5,7,11H,2-3,6,8,14H2,1H3. The Morgan fingerprint density at radius 2 is 2.31 bits per heavy atom. The molecule has 0 amide bonds. The van der Waals surface area contributed by atoms with Crippen LogP contribution in [0.2, 0.25) is 0 Å². The molecule has 0 aliphatic carbocycles. The van der Waals surface area contributed by atoms with Crippen LogP contribution in [0.15, 0.2) is 18.2 Å². The van der Waals surface area contributed by atoms with Gasteiger partial charge in [-0.1, -0.05) is 0 Å². The largest absolute Gasteiger partial charge is 0.399 e. The zero-order chi connectivity index (χ0) is 11.5. The fourth-order valence-corrected chi connectivity index (χ4v) is 2.01. The smallest absolute Gasteiger partial charge is 0.168 e. The van der Waals surface area contributed by atoms with Gasteiger partial charge < -0.3 is 10.5 Å². The first-order valence-electron chi connectivity index (χ1n) is 5.66. The van der Waals surface area contributed by atoms with Crippen LogP contribution in [0.1, 0.15) is 28.8 Å². The molecule has 0 saturated carbocycles. The minimum absolute atomic E-state index is 0.0248. The van der Waals surface area contributed by atoms with Crippen molar-refractivity contribution in [3.05, 3.63) is 29.3 Å². The van der Waals surface area contributed by atoms with Crippen LogP contribution in [0.4, 0.5) is 5.69 Å². The number of carbonyl (C=O) groups excluding carboxylic acids is 1. The van der Waals surface area contributed by atoms with E-state index in [0.29, 0.717) is 6.61 Å². The molecule has 1 heterocycles. The first kappa shape index (κ1) is 11.1. The molecule has 0 aromatic heterocycles. The minimum Gasteiger partial charge on any atom is -0.399 e. The Balaban J connectivity index is 2.16. The molecule has 1 saturated heterocycles. The maximum absolute atomic E-state index is 12.1. The zero-order valence-electron chi connectivity index (χ0n) is 9.53. The molecule has 1 atom stereocenters. The molecule has 3 heteroatoms. The van der Waals surface area contributed by atoms with Crippen molar-refractivity contribution in [1.29, 1.82) is 0 Å². The van der Waals surface area contributed by atoms with Gasteiger partial charge in [0.25, 0.3) is 0 Å². The van der Waals surface area contributed by atoms with Gasteiger partial charge in [-0.25, -0.2) is 0 Å². The van der Waals surface area contributed by atoms with Crippen LogP contribution in [-0.4, -0.2) is 19.0 Å². The van der Waals surface area contributed by atoms with E-state index in [9.17, 15) is 4.79 Å². The van der Waals surface area contributed by atoms with Crippen molar-refractivity contribution in [1.82, 2.24) is 0 Å². The van der Waals surface area contributed by atoms with Crippen molar-refractivity contribution < 1.29 is 9.53 Å². The first-order chi connectivity index (χ1) is 7.68. The second kappa shape index (κ2) is 4.66. The fraction of sp³-hybridized carbons (Fsp3) is 0.462. The quantitative estimate of drug-likeness (QED) is 0.612. The molecule has 0 spiro atoms. The van der Waals surface area contributed by atoms with E-state index in [1.165, 1.54) is 0 Å². The zero-order valence-corrected chi connectivity index (χ0v) is 9.53.